The van der Waals surface area contributed by atoms with E-state index in [9.17, 15) is 4.79 Å². The Labute approximate surface area is 220 Å². The van der Waals surface area contributed by atoms with E-state index in [0.29, 0.717) is 0 Å². The SMILES string of the molecule is CCN(CC)C(=O)[C@@H]1C[C@H](NCc2ccc(-c3ccccc3)cc2)CN1Cc1ccc2ccccc2c1. The van der Waals surface area contributed by atoms with Crippen molar-refractivity contribution in [3.63, 3.8) is 0 Å². The summed E-state index contributed by atoms with van der Waals surface area (Å²) in [4.78, 5) is 17.8. The minimum atomic E-state index is -0.0932. The van der Waals surface area contributed by atoms with Crippen LogP contribution >= 0.6 is 0 Å². The smallest absolute Gasteiger partial charge is 0.239 e. The van der Waals surface area contributed by atoms with E-state index in [2.05, 4.69) is 115 Å². The number of rotatable bonds is 9. The average molecular weight is 492 g/mol. The highest BCUT2D eigenvalue weighted by Gasteiger charge is 2.38. The maximum atomic E-state index is 13.5. The summed E-state index contributed by atoms with van der Waals surface area (Å²) in [5, 5.41) is 6.25. The monoisotopic (exact) mass is 491 g/mol. The first-order valence-corrected chi connectivity index (χ1v) is 13.5. The van der Waals surface area contributed by atoms with Crippen LogP contribution in [0.15, 0.2) is 97.1 Å². The number of benzene rings is 4. The molecule has 1 amide bonds. The summed E-state index contributed by atoms with van der Waals surface area (Å²) in [6.45, 7) is 8.09. The highest BCUT2D eigenvalue weighted by Crippen LogP contribution is 2.25. The van der Waals surface area contributed by atoms with Gasteiger partial charge in [0.2, 0.25) is 5.91 Å². The van der Waals surface area contributed by atoms with Gasteiger partial charge < -0.3 is 10.2 Å². The normalized spacial score (nSPS) is 17.8. The molecule has 4 aromatic rings. The zero-order valence-corrected chi connectivity index (χ0v) is 21.9. The zero-order valence-electron chi connectivity index (χ0n) is 21.9. The largest absolute Gasteiger partial charge is 0.342 e. The summed E-state index contributed by atoms with van der Waals surface area (Å²) in [5.74, 6) is 0.252. The van der Waals surface area contributed by atoms with Crippen LogP contribution < -0.4 is 5.32 Å². The van der Waals surface area contributed by atoms with Crippen molar-refractivity contribution in [3.8, 4) is 11.1 Å². The molecule has 0 radical (unpaired) electrons. The van der Waals surface area contributed by atoms with Crippen molar-refractivity contribution in [2.45, 2.75) is 45.4 Å². The lowest BCUT2D eigenvalue weighted by atomic mass is 10.0. The fraction of sp³-hybridized carbons (Fsp3) is 0.303. The fourth-order valence-corrected chi connectivity index (χ4v) is 5.51. The molecule has 0 saturated carbocycles. The topological polar surface area (TPSA) is 35.6 Å². The second kappa shape index (κ2) is 11.7. The molecule has 1 fully saturated rings. The molecule has 4 aromatic carbocycles. The van der Waals surface area contributed by atoms with Crippen molar-refractivity contribution < 1.29 is 4.79 Å². The van der Waals surface area contributed by atoms with Gasteiger partial charge in [0.05, 0.1) is 6.04 Å². The summed E-state index contributed by atoms with van der Waals surface area (Å²) in [6, 6.07) is 34.6. The van der Waals surface area contributed by atoms with Gasteiger partial charge in [-0.25, -0.2) is 0 Å². The Morgan fingerprint density at radius 3 is 2.19 bits per heavy atom. The van der Waals surface area contributed by atoms with E-state index in [1.165, 1.54) is 33.0 Å². The highest BCUT2D eigenvalue weighted by atomic mass is 16.2. The third-order valence-electron chi connectivity index (χ3n) is 7.62. The van der Waals surface area contributed by atoms with Gasteiger partial charge in [0.1, 0.15) is 0 Å². The molecule has 0 unspecified atom stereocenters. The van der Waals surface area contributed by atoms with Crippen molar-refractivity contribution in [1.82, 2.24) is 15.1 Å². The Morgan fingerprint density at radius 2 is 1.46 bits per heavy atom. The Kier molecular flexibility index (Phi) is 7.98. The Morgan fingerprint density at radius 1 is 0.811 bits per heavy atom. The van der Waals surface area contributed by atoms with Gasteiger partial charge in [0, 0.05) is 38.8 Å². The summed E-state index contributed by atoms with van der Waals surface area (Å²) in [7, 11) is 0. The lowest BCUT2D eigenvalue weighted by Crippen LogP contribution is -2.45. The van der Waals surface area contributed by atoms with Gasteiger partial charge in [-0.15, -0.1) is 0 Å². The van der Waals surface area contributed by atoms with Crippen LogP contribution in [0.1, 0.15) is 31.4 Å². The molecular weight excluding hydrogens is 454 g/mol. The minimum absolute atomic E-state index is 0.0932. The van der Waals surface area contributed by atoms with Crippen LogP contribution in [0.2, 0.25) is 0 Å². The maximum Gasteiger partial charge on any atom is 0.239 e. The molecule has 190 valence electrons. The lowest BCUT2D eigenvalue weighted by molar-refractivity contribution is -0.135. The van der Waals surface area contributed by atoms with Crippen molar-refractivity contribution in [2.75, 3.05) is 19.6 Å². The molecule has 0 aliphatic carbocycles. The van der Waals surface area contributed by atoms with E-state index in [0.717, 1.165) is 39.1 Å². The van der Waals surface area contributed by atoms with Crippen LogP contribution in [-0.2, 0) is 17.9 Å². The van der Waals surface area contributed by atoms with Gasteiger partial charge in [0.25, 0.3) is 0 Å². The number of amides is 1. The summed E-state index contributed by atoms with van der Waals surface area (Å²) in [6.07, 6.45) is 0.838. The first kappa shape index (κ1) is 25.2. The van der Waals surface area contributed by atoms with Crippen LogP contribution in [0.3, 0.4) is 0 Å². The van der Waals surface area contributed by atoms with Gasteiger partial charge in [0.15, 0.2) is 0 Å². The number of likely N-dealkylation sites (tertiary alicyclic amines) is 1. The second-order valence-electron chi connectivity index (χ2n) is 10.0. The molecule has 1 aliphatic heterocycles. The molecule has 0 bridgehead atoms. The average Bonchev–Trinajstić information content (AvgIpc) is 3.35. The van der Waals surface area contributed by atoms with Crippen LogP contribution in [0.5, 0.6) is 0 Å². The molecule has 0 aromatic heterocycles. The van der Waals surface area contributed by atoms with Crippen molar-refractivity contribution in [2.24, 2.45) is 0 Å². The second-order valence-corrected chi connectivity index (χ2v) is 10.0. The number of nitrogens with one attached hydrogen (secondary N) is 1. The molecule has 37 heavy (non-hydrogen) atoms. The molecule has 2 atom stereocenters. The highest BCUT2D eigenvalue weighted by molar-refractivity contribution is 5.83. The summed E-state index contributed by atoms with van der Waals surface area (Å²) >= 11 is 0. The van der Waals surface area contributed by atoms with E-state index in [1.54, 1.807) is 0 Å². The summed E-state index contributed by atoms with van der Waals surface area (Å²) in [5.41, 5.74) is 4.99. The van der Waals surface area contributed by atoms with Crippen LogP contribution in [0, 0.1) is 0 Å². The minimum Gasteiger partial charge on any atom is -0.342 e. The molecule has 1 saturated heterocycles. The number of fused-ring (bicyclic) bond motifs is 1. The van der Waals surface area contributed by atoms with E-state index in [1.807, 2.05) is 11.0 Å². The molecule has 1 aliphatic rings. The predicted octanol–water partition coefficient (Wildman–Crippen LogP) is 6.11. The van der Waals surface area contributed by atoms with Gasteiger partial charge in [-0.3, -0.25) is 9.69 Å². The predicted molar refractivity (Wildman–Crippen MR) is 153 cm³/mol. The molecule has 0 spiro atoms. The standard InChI is InChI=1S/C33H37N3O/c1-3-35(4-2)33(37)32-21-31(24-36(32)23-26-16-19-28-12-8-9-13-30(28)20-26)34-22-25-14-17-29(18-15-25)27-10-6-5-7-11-27/h5-20,31-32,34H,3-4,21-24H2,1-2H3/t31-,32-/m0/s1. The van der Waals surface area contributed by atoms with E-state index in [4.69, 9.17) is 0 Å². The first-order chi connectivity index (χ1) is 18.1. The van der Waals surface area contributed by atoms with Gasteiger partial charge in [-0.2, -0.15) is 0 Å². The van der Waals surface area contributed by atoms with Crippen LogP contribution in [-0.4, -0.2) is 47.4 Å². The van der Waals surface area contributed by atoms with E-state index >= 15 is 0 Å². The third-order valence-corrected chi connectivity index (χ3v) is 7.62. The zero-order chi connectivity index (χ0) is 25.6. The Hall–Kier alpha value is -3.47. The summed E-state index contributed by atoms with van der Waals surface area (Å²) < 4.78 is 0. The van der Waals surface area contributed by atoms with Crippen molar-refractivity contribution in [1.29, 1.82) is 0 Å². The Bertz CT molecular complexity index is 1310. The molecule has 4 heteroatoms. The van der Waals surface area contributed by atoms with Gasteiger partial charge in [-0.05, 0) is 59.4 Å². The Balaban J connectivity index is 1.27. The van der Waals surface area contributed by atoms with Crippen molar-refractivity contribution in [3.05, 3.63) is 108 Å². The number of hydrogen-bond donors (Lipinski definition) is 1. The fourth-order valence-electron chi connectivity index (χ4n) is 5.51. The van der Waals surface area contributed by atoms with Crippen LogP contribution in [0.25, 0.3) is 21.9 Å². The number of carbonyl (C=O) groups excluding carboxylic acids is 1. The molecule has 1 heterocycles. The number of hydrogen-bond acceptors (Lipinski definition) is 3. The van der Waals surface area contributed by atoms with Crippen molar-refractivity contribution >= 4 is 16.7 Å². The van der Waals surface area contributed by atoms with Crippen LogP contribution in [0.4, 0.5) is 0 Å². The first-order valence-electron chi connectivity index (χ1n) is 13.5. The molecular formula is C33H37N3O. The molecule has 1 N–H and O–H groups in total. The van der Waals surface area contributed by atoms with E-state index < -0.39 is 0 Å². The number of nitrogens with zero attached hydrogens (tertiary/aromatic N) is 2. The third kappa shape index (κ3) is 5.93. The number of likely N-dealkylation sites (N-methyl/N-ethyl adjacent to an activating group) is 1. The molecule has 4 nitrogen and oxygen atoms in total. The maximum absolute atomic E-state index is 13.5. The van der Waals surface area contributed by atoms with Gasteiger partial charge >= 0.3 is 0 Å². The molecule has 5 rings (SSSR count). The van der Waals surface area contributed by atoms with Gasteiger partial charge in [-0.1, -0.05) is 91.0 Å². The quantitative estimate of drug-likeness (QED) is 0.307. The lowest BCUT2D eigenvalue weighted by Gasteiger charge is -2.28. The number of carbonyl (C=O) groups is 1. The van der Waals surface area contributed by atoms with E-state index in [-0.39, 0.29) is 18.0 Å².